The van der Waals surface area contributed by atoms with E-state index < -0.39 is 23.9 Å². The van der Waals surface area contributed by atoms with Crippen LogP contribution in [0.25, 0.3) is 0 Å². The lowest BCUT2D eigenvalue weighted by Gasteiger charge is -2.22. The number of rotatable bonds is 5. The molecule has 1 aromatic heterocycles. The molecule has 116 valence electrons. The van der Waals surface area contributed by atoms with E-state index in [0.717, 1.165) is 3.79 Å². The second-order valence-corrected chi connectivity index (χ2v) is 6.88. The number of carbonyl (C=O) groups is 3. The van der Waals surface area contributed by atoms with E-state index in [-0.39, 0.29) is 5.92 Å². The molecule has 0 radical (unpaired) electrons. The molecule has 1 rings (SSSR count). The van der Waals surface area contributed by atoms with Crippen molar-refractivity contribution >= 4 is 45.1 Å². The summed E-state index contributed by atoms with van der Waals surface area (Å²) in [5.41, 5.74) is 9.65. The van der Waals surface area contributed by atoms with Gasteiger partial charge in [0, 0.05) is 0 Å². The first kappa shape index (κ1) is 17.4. The van der Waals surface area contributed by atoms with Gasteiger partial charge >= 0.3 is 6.03 Å². The molecule has 0 aromatic carbocycles. The van der Waals surface area contributed by atoms with Crippen LogP contribution in [0.3, 0.4) is 0 Å². The average Bonchev–Trinajstić information content (AvgIpc) is 2.87. The molecule has 0 bridgehead atoms. The van der Waals surface area contributed by atoms with Crippen molar-refractivity contribution < 1.29 is 14.4 Å². The fourth-order valence-electron chi connectivity index (χ4n) is 1.55. The highest BCUT2D eigenvalue weighted by Crippen LogP contribution is 2.21. The van der Waals surface area contributed by atoms with Crippen molar-refractivity contribution in [2.24, 2.45) is 11.7 Å². The maximum atomic E-state index is 12.0. The molecule has 21 heavy (non-hydrogen) atoms. The van der Waals surface area contributed by atoms with E-state index in [9.17, 15) is 14.4 Å². The van der Waals surface area contributed by atoms with Gasteiger partial charge in [-0.25, -0.2) is 4.79 Å². The van der Waals surface area contributed by atoms with Crippen molar-refractivity contribution in [3.8, 4) is 0 Å². The van der Waals surface area contributed by atoms with E-state index in [1.165, 1.54) is 11.3 Å². The van der Waals surface area contributed by atoms with Crippen molar-refractivity contribution in [2.75, 3.05) is 0 Å². The molecule has 0 aliphatic carbocycles. The highest BCUT2D eigenvalue weighted by molar-refractivity contribution is 9.11. The number of amides is 4. The van der Waals surface area contributed by atoms with Gasteiger partial charge < -0.3 is 11.1 Å². The molecule has 0 spiro atoms. The molecule has 1 heterocycles. The second kappa shape index (κ2) is 7.99. The summed E-state index contributed by atoms with van der Waals surface area (Å²) < 4.78 is 0.812. The number of carbonyl (C=O) groups excluding carboxylic acids is 3. The van der Waals surface area contributed by atoms with Crippen LogP contribution in [0.5, 0.6) is 0 Å². The topological polar surface area (TPSA) is 113 Å². The standard InChI is InChI=1S/C12H17BrN4O3S/c1-3-6(2)9(15-12(14)20)11(19)17-16-10(18)7-4-5-8(13)21-7/h4-6,9H,3H2,1-2H3,(H,16,18)(H,17,19)(H3,14,15,20). The molecular weight excluding hydrogens is 360 g/mol. The van der Waals surface area contributed by atoms with Crippen molar-refractivity contribution in [3.63, 3.8) is 0 Å². The number of nitrogens with one attached hydrogen (secondary N) is 3. The summed E-state index contributed by atoms with van der Waals surface area (Å²) in [6, 6.07) is 1.77. The third-order valence-electron chi connectivity index (χ3n) is 2.89. The molecule has 0 saturated carbocycles. The van der Waals surface area contributed by atoms with Crippen LogP contribution in [0.1, 0.15) is 29.9 Å². The highest BCUT2D eigenvalue weighted by atomic mass is 79.9. The summed E-state index contributed by atoms with van der Waals surface area (Å²) in [5.74, 6) is -1.07. The first-order valence-electron chi connectivity index (χ1n) is 6.26. The van der Waals surface area contributed by atoms with Crippen LogP contribution in [-0.2, 0) is 4.79 Å². The van der Waals surface area contributed by atoms with Crippen LogP contribution >= 0.6 is 27.3 Å². The number of thiophene rings is 1. The maximum absolute atomic E-state index is 12.0. The number of hydrogen-bond acceptors (Lipinski definition) is 4. The van der Waals surface area contributed by atoms with Gasteiger partial charge in [-0.05, 0) is 34.0 Å². The summed E-state index contributed by atoms with van der Waals surface area (Å²) in [6.07, 6.45) is 0.671. The molecule has 0 saturated heterocycles. The fraction of sp³-hybridized carbons (Fsp3) is 0.417. The summed E-state index contributed by atoms with van der Waals surface area (Å²) in [4.78, 5) is 35.2. The van der Waals surface area contributed by atoms with Crippen molar-refractivity contribution in [2.45, 2.75) is 26.3 Å². The first-order chi connectivity index (χ1) is 9.85. The first-order valence-corrected chi connectivity index (χ1v) is 7.87. The van der Waals surface area contributed by atoms with Crippen LogP contribution < -0.4 is 21.9 Å². The molecule has 0 aliphatic heterocycles. The molecule has 2 unspecified atom stereocenters. The van der Waals surface area contributed by atoms with Crippen molar-refractivity contribution in [1.29, 1.82) is 0 Å². The van der Waals surface area contributed by atoms with E-state index in [1.807, 2.05) is 6.92 Å². The Labute approximate surface area is 134 Å². The number of urea groups is 1. The zero-order valence-electron chi connectivity index (χ0n) is 11.6. The van der Waals surface area contributed by atoms with Gasteiger partial charge in [0.2, 0.25) is 0 Å². The molecule has 0 aliphatic rings. The quantitative estimate of drug-likeness (QED) is 0.581. The average molecular weight is 377 g/mol. The minimum atomic E-state index is -0.803. The smallest absolute Gasteiger partial charge is 0.312 e. The van der Waals surface area contributed by atoms with Crippen LogP contribution in [-0.4, -0.2) is 23.9 Å². The Bertz CT molecular complexity index is 534. The molecule has 0 fully saturated rings. The largest absolute Gasteiger partial charge is 0.352 e. The highest BCUT2D eigenvalue weighted by Gasteiger charge is 2.25. The molecule has 7 nitrogen and oxygen atoms in total. The van der Waals surface area contributed by atoms with Crippen molar-refractivity contribution in [3.05, 3.63) is 20.8 Å². The molecular formula is C12H17BrN4O3S. The predicted octanol–water partition coefficient (Wildman–Crippen LogP) is 1.35. The van der Waals surface area contributed by atoms with Gasteiger partial charge in [0.1, 0.15) is 6.04 Å². The molecule has 4 amide bonds. The van der Waals surface area contributed by atoms with E-state index in [2.05, 4.69) is 32.1 Å². The summed E-state index contributed by atoms with van der Waals surface area (Å²) in [5, 5.41) is 2.37. The fourth-order valence-corrected chi connectivity index (χ4v) is 2.83. The minimum Gasteiger partial charge on any atom is -0.352 e. The Kier molecular flexibility index (Phi) is 6.63. The lowest BCUT2D eigenvalue weighted by Crippen LogP contribution is -2.55. The summed E-state index contributed by atoms with van der Waals surface area (Å²) >= 11 is 4.49. The molecule has 5 N–H and O–H groups in total. The van der Waals surface area contributed by atoms with Gasteiger partial charge in [-0.3, -0.25) is 20.4 Å². The number of nitrogens with two attached hydrogens (primary N) is 1. The molecule has 2 atom stereocenters. The summed E-state index contributed by atoms with van der Waals surface area (Å²) in [6.45, 7) is 3.69. The monoisotopic (exact) mass is 376 g/mol. The Morgan fingerprint density at radius 2 is 2.00 bits per heavy atom. The third kappa shape index (κ3) is 5.35. The van der Waals surface area contributed by atoms with Gasteiger partial charge in [0.05, 0.1) is 8.66 Å². The Balaban J connectivity index is 2.60. The van der Waals surface area contributed by atoms with E-state index in [4.69, 9.17) is 5.73 Å². The number of primary amides is 1. The Morgan fingerprint density at radius 1 is 1.33 bits per heavy atom. The molecule has 1 aromatic rings. The number of hydrazine groups is 1. The van der Waals surface area contributed by atoms with E-state index >= 15 is 0 Å². The van der Waals surface area contributed by atoms with Gasteiger partial charge in [-0.2, -0.15) is 0 Å². The van der Waals surface area contributed by atoms with Gasteiger partial charge in [0.15, 0.2) is 0 Å². The third-order valence-corrected chi connectivity index (χ3v) is 4.51. The van der Waals surface area contributed by atoms with Gasteiger partial charge in [0.25, 0.3) is 11.8 Å². The van der Waals surface area contributed by atoms with Gasteiger partial charge in [-0.1, -0.05) is 20.3 Å². The van der Waals surface area contributed by atoms with Gasteiger partial charge in [-0.15, -0.1) is 11.3 Å². The normalized spacial score (nSPS) is 13.1. The van der Waals surface area contributed by atoms with E-state index in [0.29, 0.717) is 11.3 Å². The predicted molar refractivity (Wildman–Crippen MR) is 83.6 cm³/mol. The second-order valence-electron chi connectivity index (χ2n) is 4.42. The zero-order valence-corrected chi connectivity index (χ0v) is 14.0. The Morgan fingerprint density at radius 3 is 2.48 bits per heavy atom. The minimum absolute atomic E-state index is 0.120. The van der Waals surface area contributed by atoms with Crippen LogP contribution in [0.4, 0.5) is 4.79 Å². The lowest BCUT2D eigenvalue weighted by atomic mass is 9.99. The van der Waals surface area contributed by atoms with E-state index in [1.54, 1.807) is 19.1 Å². The van der Waals surface area contributed by atoms with Crippen LogP contribution in [0.2, 0.25) is 0 Å². The molecule has 9 heteroatoms. The SMILES string of the molecule is CCC(C)C(NC(N)=O)C(=O)NNC(=O)c1ccc(Br)s1. The van der Waals surface area contributed by atoms with Crippen LogP contribution in [0, 0.1) is 5.92 Å². The Hall–Kier alpha value is -1.61. The number of halogens is 1. The number of hydrogen-bond donors (Lipinski definition) is 4. The zero-order chi connectivity index (χ0) is 16.0. The maximum Gasteiger partial charge on any atom is 0.312 e. The lowest BCUT2D eigenvalue weighted by molar-refractivity contribution is -0.124. The van der Waals surface area contributed by atoms with Crippen LogP contribution in [0.15, 0.2) is 15.9 Å². The summed E-state index contributed by atoms with van der Waals surface area (Å²) in [7, 11) is 0. The van der Waals surface area contributed by atoms with Crippen molar-refractivity contribution in [1.82, 2.24) is 16.2 Å².